The first-order chi connectivity index (χ1) is 9.75. The number of benzene rings is 1. The zero-order valence-corrected chi connectivity index (χ0v) is 11.1. The van der Waals surface area contributed by atoms with Crippen molar-refractivity contribution in [2.75, 3.05) is 0 Å². The van der Waals surface area contributed by atoms with Gasteiger partial charge in [-0.3, -0.25) is 9.78 Å². The van der Waals surface area contributed by atoms with Gasteiger partial charge >= 0.3 is 0 Å². The highest BCUT2D eigenvalue weighted by Crippen LogP contribution is 2.10. The summed E-state index contributed by atoms with van der Waals surface area (Å²) in [5, 5.41) is 3.84. The Bertz CT molecular complexity index is 570. The van der Waals surface area contributed by atoms with Gasteiger partial charge in [-0.25, -0.2) is 5.43 Å². The lowest BCUT2D eigenvalue weighted by atomic mass is 10.3. The molecular formula is C15H15N3O2. The van der Waals surface area contributed by atoms with Crippen LogP contribution in [0, 0.1) is 0 Å². The first-order valence-electron chi connectivity index (χ1n) is 6.21. The summed E-state index contributed by atoms with van der Waals surface area (Å²) in [6.07, 6.45) is 2.51. The Kier molecular flexibility index (Phi) is 4.83. The average Bonchev–Trinajstić information content (AvgIpc) is 2.49. The van der Waals surface area contributed by atoms with Crippen molar-refractivity contribution in [3.8, 4) is 5.75 Å². The molecule has 0 aliphatic carbocycles. The van der Waals surface area contributed by atoms with Crippen molar-refractivity contribution in [2.24, 2.45) is 5.10 Å². The molecule has 1 N–H and O–H groups in total. The Labute approximate surface area is 117 Å². The van der Waals surface area contributed by atoms with Gasteiger partial charge in [-0.1, -0.05) is 24.3 Å². The van der Waals surface area contributed by atoms with Crippen LogP contribution in [0.2, 0.25) is 0 Å². The lowest BCUT2D eigenvalue weighted by molar-refractivity contribution is -0.127. The van der Waals surface area contributed by atoms with Gasteiger partial charge in [0, 0.05) is 6.20 Å². The van der Waals surface area contributed by atoms with Gasteiger partial charge in [-0.15, -0.1) is 0 Å². The fourth-order valence-electron chi connectivity index (χ4n) is 1.46. The Balaban J connectivity index is 1.84. The average molecular weight is 269 g/mol. The number of pyridine rings is 1. The quantitative estimate of drug-likeness (QED) is 0.667. The summed E-state index contributed by atoms with van der Waals surface area (Å²) in [6, 6.07) is 14.6. The highest BCUT2D eigenvalue weighted by molar-refractivity contribution is 5.83. The minimum absolute atomic E-state index is 0.318. The number of ether oxygens (including phenoxy) is 1. The highest BCUT2D eigenvalue weighted by Gasteiger charge is 2.13. The van der Waals surface area contributed by atoms with E-state index >= 15 is 0 Å². The van der Waals surface area contributed by atoms with Crippen LogP contribution in [-0.2, 0) is 4.79 Å². The summed E-state index contributed by atoms with van der Waals surface area (Å²) >= 11 is 0. The third-order valence-electron chi connectivity index (χ3n) is 2.48. The van der Waals surface area contributed by atoms with E-state index in [0.717, 1.165) is 0 Å². The van der Waals surface area contributed by atoms with E-state index in [9.17, 15) is 4.79 Å². The fraction of sp³-hybridized carbons (Fsp3) is 0.133. The molecule has 1 atom stereocenters. The largest absolute Gasteiger partial charge is 0.481 e. The molecule has 0 unspecified atom stereocenters. The van der Waals surface area contributed by atoms with Gasteiger partial charge in [0.1, 0.15) is 5.75 Å². The monoisotopic (exact) mass is 269 g/mol. The molecule has 0 fully saturated rings. The third kappa shape index (κ3) is 4.20. The SMILES string of the molecule is C[C@@H](Oc1ccccc1)C(=O)N/N=C\c1ccccn1. The number of rotatable bonds is 5. The van der Waals surface area contributed by atoms with E-state index in [4.69, 9.17) is 4.74 Å². The van der Waals surface area contributed by atoms with Crippen LogP contribution in [0.1, 0.15) is 12.6 Å². The molecule has 1 heterocycles. The van der Waals surface area contributed by atoms with Crippen molar-refractivity contribution in [1.82, 2.24) is 10.4 Å². The van der Waals surface area contributed by atoms with Crippen LogP contribution < -0.4 is 10.2 Å². The van der Waals surface area contributed by atoms with Crippen LogP contribution in [-0.4, -0.2) is 23.2 Å². The molecule has 0 saturated heterocycles. The number of hydrazone groups is 1. The second-order valence-corrected chi connectivity index (χ2v) is 4.06. The van der Waals surface area contributed by atoms with Gasteiger partial charge in [0.15, 0.2) is 6.10 Å². The van der Waals surface area contributed by atoms with E-state index in [0.29, 0.717) is 11.4 Å². The van der Waals surface area contributed by atoms with Crippen LogP contribution in [0.5, 0.6) is 5.75 Å². The molecule has 0 aliphatic rings. The molecular weight excluding hydrogens is 254 g/mol. The van der Waals surface area contributed by atoms with E-state index in [1.807, 2.05) is 30.3 Å². The van der Waals surface area contributed by atoms with Gasteiger partial charge in [-0.05, 0) is 31.2 Å². The number of nitrogens with zero attached hydrogens (tertiary/aromatic N) is 2. The molecule has 2 aromatic rings. The number of nitrogens with one attached hydrogen (secondary N) is 1. The molecule has 1 amide bonds. The van der Waals surface area contributed by atoms with Crippen molar-refractivity contribution in [2.45, 2.75) is 13.0 Å². The lowest BCUT2D eigenvalue weighted by Gasteiger charge is -2.12. The third-order valence-corrected chi connectivity index (χ3v) is 2.48. The molecule has 102 valence electrons. The summed E-state index contributed by atoms with van der Waals surface area (Å²) in [5.74, 6) is 0.324. The molecule has 0 radical (unpaired) electrons. The van der Waals surface area contributed by atoms with E-state index in [2.05, 4.69) is 15.5 Å². The number of aromatic nitrogens is 1. The number of amides is 1. The predicted molar refractivity (Wildman–Crippen MR) is 76.5 cm³/mol. The molecule has 0 saturated carbocycles. The highest BCUT2D eigenvalue weighted by atomic mass is 16.5. The van der Waals surface area contributed by atoms with Gasteiger partial charge in [0.25, 0.3) is 5.91 Å². The Morgan fingerprint density at radius 2 is 2.00 bits per heavy atom. The van der Waals surface area contributed by atoms with Crippen LogP contribution in [0.4, 0.5) is 0 Å². The minimum atomic E-state index is -0.627. The summed E-state index contributed by atoms with van der Waals surface area (Å²) in [4.78, 5) is 15.8. The Morgan fingerprint density at radius 1 is 1.25 bits per heavy atom. The van der Waals surface area contributed by atoms with Crippen molar-refractivity contribution >= 4 is 12.1 Å². The normalized spacial score (nSPS) is 12.1. The molecule has 20 heavy (non-hydrogen) atoms. The zero-order valence-electron chi connectivity index (χ0n) is 11.1. The van der Waals surface area contributed by atoms with Crippen LogP contribution >= 0.6 is 0 Å². The first-order valence-corrected chi connectivity index (χ1v) is 6.21. The topological polar surface area (TPSA) is 63.6 Å². The Hall–Kier alpha value is -2.69. The maximum absolute atomic E-state index is 11.8. The van der Waals surface area contributed by atoms with Gasteiger partial charge in [0.2, 0.25) is 0 Å². The first kappa shape index (κ1) is 13.7. The second kappa shape index (κ2) is 7.04. The van der Waals surface area contributed by atoms with Crippen molar-refractivity contribution in [3.05, 3.63) is 60.4 Å². The number of para-hydroxylation sites is 1. The molecule has 0 aliphatic heterocycles. The summed E-state index contributed by atoms with van der Waals surface area (Å²) in [5.41, 5.74) is 3.09. The maximum Gasteiger partial charge on any atom is 0.280 e. The zero-order chi connectivity index (χ0) is 14.2. The van der Waals surface area contributed by atoms with E-state index in [1.165, 1.54) is 6.21 Å². The summed E-state index contributed by atoms with van der Waals surface area (Å²) in [6.45, 7) is 1.67. The van der Waals surface area contributed by atoms with Gasteiger partial charge < -0.3 is 4.74 Å². The van der Waals surface area contributed by atoms with Gasteiger partial charge in [0.05, 0.1) is 11.9 Å². The summed E-state index contributed by atoms with van der Waals surface area (Å²) < 4.78 is 5.48. The van der Waals surface area contributed by atoms with Crippen LogP contribution in [0.25, 0.3) is 0 Å². The molecule has 5 heteroatoms. The summed E-state index contributed by atoms with van der Waals surface area (Å²) in [7, 11) is 0. The fourth-order valence-corrected chi connectivity index (χ4v) is 1.46. The number of carbonyl (C=O) groups excluding carboxylic acids is 1. The minimum Gasteiger partial charge on any atom is -0.481 e. The van der Waals surface area contributed by atoms with Crippen LogP contribution in [0.15, 0.2) is 59.8 Å². The Morgan fingerprint density at radius 3 is 2.70 bits per heavy atom. The number of hydrogen-bond donors (Lipinski definition) is 1. The molecule has 1 aromatic heterocycles. The molecule has 5 nitrogen and oxygen atoms in total. The van der Waals surface area contributed by atoms with Crippen LogP contribution in [0.3, 0.4) is 0 Å². The molecule has 0 spiro atoms. The molecule has 0 bridgehead atoms. The molecule has 2 rings (SSSR count). The van der Waals surface area contributed by atoms with E-state index < -0.39 is 6.10 Å². The maximum atomic E-state index is 11.8. The van der Waals surface area contributed by atoms with Gasteiger partial charge in [-0.2, -0.15) is 5.10 Å². The second-order valence-electron chi connectivity index (χ2n) is 4.06. The predicted octanol–water partition coefficient (Wildman–Crippen LogP) is 2.00. The standard InChI is InChI=1S/C15H15N3O2/c1-12(20-14-8-3-2-4-9-14)15(19)18-17-11-13-7-5-6-10-16-13/h2-12H,1H3,(H,18,19)/b17-11-/t12-/m1/s1. The number of carbonyl (C=O) groups is 1. The molecule has 1 aromatic carbocycles. The van der Waals surface area contributed by atoms with Crippen molar-refractivity contribution in [3.63, 3.8) is 0 Å². The van der Waals surface area contributed by atoms with Crippen molar-refractivity contribution in [1.29, 1.82) is 0 Å². The lowest BCUT2D eigenvalue weighted by Crippen LogP contribution is -2.33. The van der Waals surface area contributed by atoms with E-state index in [-0.39, 0.29) is 5.91 Å². The number of hydrogen-bond acceptors (Lipinski definition) is 4. The van der Waals surface area contributed by atoms with Crippen molar-refractivity contribution < 1.29 is 9.53 Å². The smallest absolute Gasteiger partial charge is 0.280 e. The van der Waals surface area contributed by atoms with E-state index in [1.54, 1.807) is 31.3 Å².